The van der Waals surface area contributed by atoms with Gasteiger partial charge in [-0.15, -0.1) is 15.3 Å². The highest BCUT2D eigenvalue weighted by Crippen LogP contribution is 2.24. The zero-order valence-electron chi connectivity index (χ0n) is 16.5. The molecule has 0 bridgehead atoms. The summed E-state index contributed by atoms with van der Waals surface area (Å²) in [6, 6.07) is 7.69. The fraction of sp³-hybridized carbons (Fsp3) is 0.176. The number of nitrogens with one attached hydrogen (secondary N) is 1. The number of hydrazone groups is 1. The Morgan fingerprint density at radius 1 is 1.29 bits per heavy atom. The van der Waals surface area contributed by atoms with Crippen LogP contribution in [-0.2, 0) is 12.8 Å². The second-order valence-electron chi connectivity index (χ2n) is 6.39. The second kappa shape index (κ2) is 8.74. The Bertz CT molecular complexity index is 1230. The van der Waals surface area contributed by atoms with Gasteiger partial charge in [0.25, 0.3) is 5.91 Å². The van der Waals surface area contributed by atoms with Crippen molar-refractivity contribution in [3.05, 3.63) is 53.1 Å². The summed E-state index contributed by atoms with van der Waals surface area (Å²) in [5.41, 5.74) is 10.7. The summed E-state index contributed by atoms with van der Waals surface area (Å²) < 4.78 is 7.69. The molecule has 3 heterocycles. The van der Waals surface area contributed by atoms with Crippen molar-refractivity contribution in [3.63, 3.8) is 0 Å². The summed E-state index contributed by atoms with van der Waals surface area (Å²) in [5.74, 6) is -0.128. The first kappa shape index (κ1) is 20.2. The summed E-state index contributed by atoms with van der Waals surface area (Å²) in [6.45, 7) is 1.99. The Hall–Kier alpha value is -4.07. The molecule has 4 rings (SSSR count). The molecule has 0 unspecified atom stereocenters. The van der Waals surface area contributed by atoms with Crippen LogP contribution in [0.2, 0.25) is 0 Å². The van der Waals surface area contributed by atoms with E-state index in [1.54, 1.807) is 10.9 Å². The van der Waals surface area contributed by atoms with Gasteiger partial charge in [-0.05, 0) is 22.8 Å². The SMILES string of the molecule is Cc1ccc(C=NNC(=O)c2nnn(-c3nonc3N)c2CSc2nncn2C)cc1. The highest BCUT2D eigenvalue weighted by atomic mass is 32.2. The fourth-order valence-electron chi connectivity index (χ4n) is 2.52. The molecular formula is C17H17N11O2S. The lowest BCUT2D eigenvalue weighted by atomic mass is 10.2. The first-order chi connectivity index (χ1) is 15.0. The molecule has 0 aliphatic carbocycles. The molecule has 0 atom stereocenters. The van der Waals surface area contributed by atoms with E-state index in [0.29, 0.717) is 10.9 Å². The lowest BCUT2D eigenvalue weighted by molar-refractivity contribution is 0.0949. The van der Waals surface area contributed by atoms with Gasteiger partial charge in [0.1, 0.15) is 6.33 Å². The van der Waals surface area contributed by atoms with Crippen LogP contribution < -0.4 is 11.2 Å². The van der Waals surface area contributed by atoms with E-state index in [1.165, 1.54) is 22.7 Å². The van der Waals surface area contributed by atoms with E-state index >= 15 is 0 Å². The first-order valence-corrected chi connectivity index (χ1v) is 9.91. The van der Waals surface area contributed by atoms with E-state index in [0.717, 1.165) is 11.1 Å². The number of amides is 1. The highest BCUT2D eigenvalue weighted by molar-refractivity contribution is 7.98. The highest BCUT2D eigenvalue weighted by Gasteiger charge is 2.24. The van der Waals surface area contributed by atoms with Crippen molar-refractivity contribution in [2.75, 3.05) is 5.73 Å². The maximum Gasteiger partial charge on any atom is 0.293 e. The average Bonchev–Trinajstić information content (AvgIpc) is 3.47. The van der Waals surface area contributed by atoms with E-state index in [1.807, 2.05) is 38.2 Å². The van der Waals surface area contributed by atoms with Crippen LogP contribution in [0.1, 0.15) is 27.3 Å². The summed E-state index contributed by atoms with van der Waals surface area (Å²) in [5, 5.41) is 27.8. The standard InChI is InChI=1S/C17H17N11O2S/c1-10-3-5-11(6-4-10)7-19-22-16(29)13-12(8-31-17-23-20-9-27(17)2)28(26-21-13)15-14(18)24-30-25-15/h3-7,9H,8H2,1-2H3,(H2,18,24)(H,22,29). The lowest BCUT2D eigenvalue weighted by Crippen LogP contribution is -2.20. The zero-order valence-corrected chi connectivity index (χ0v) is 17.3. The van der Waals surface area contributed by atoms with Gasteiger partial charge in [0.05, 0.1) is 11.9 Å². The van der Waals surface area contributed by atoms with Gasteiger partial charge in [0.2, 0.25) is 11.6 Å². The van der Waals surface area contributed by atoms with Crippen molar-refractivity contribution < 1.29 is 9.42 Å². The quantitative estimate of drug-likeness (QED) is 0.238. The number of benzene rings is 1. The summed E-state index contributed by atoms with van der Waals surface area (Å²) in [4.78, 5) is 12.7. The molecule has 14 heteroatoms. The van der Waals surface area contributed by atoms with Crippen molar-refractivity contribution in [2.24, 2.45) is 12.1 Å². The van der Waals surface area contributed by atoms with Gasteiger partial charge < -0.3 is 10.3 Å². The van der Waals surface area contributed by atoms with Crippen LogP contribution in [0, 0.1) is 6.92 Å². The number of anilines is 1. The van der Waals surface area contributed by atoms with E-state index in [9.17, 15) is 4.79 Å². The predicted molar refractivity (Wildman–Crippen MR) is 110 cm³/mol. The van der Waals surface area contributed by atoms with Gasteiger partial charge in [-0.25, -0.2) is 10.1 Å². The van der Waals surface area contributed by atoms with Crippen molar-refractivity contribution in [2.45, 2.75) is 17.8 Å². The molecule has 0 radical (unpaired) electrons. The van der Waals surface area contributed by atoms with Crippen molar-refractivity contribution in [3.8, 4) is 5.82 Å². The van der Waals surface area contributed by atoms with Gasteiger partial charge in [-0.2, -0.15) is 9.78 Å². The molecule has 31 heavy (non-hydrogen) atoms. The summed E-state index contributed by atoms with van der Waals surface area (Å²) in [6.07, 6.45) is 3.11. The van der Waals surface area contributed by atoms with E-state index in [2.05, 4.69) is 46.0 Å². The molecule has 0 saturated heterocycles. The second-order valence-corrected chi connectivity index (χ2v) is 7.34. The van der Waals surface area contributed by atoms with Gasteiger partial charge in [0.15, 0.2) is 10.9 Å². The van der Waals surface area contributed by atoms with Gasteiger partial charge in [-0.3, -0.25) is 4.79 Å². The Morgan fingerprint density at radius 3 is 2.77 bits per heavy atom. The fourth-order valence-corrected chi connectivity index (χ4v) is 3.40. The molecule has 3 aromatic heterocycles. The number of aromatic nitrogens is 8. The average molecular weight is 439 g/mol. The van der Waals surface area contributed by atoms with Crippen LogP contribution in [-0.4, -0.2) is 52.2 Å². The van der Waals surface area contributed by atoms with Crippen molar-refractivity contribution in [1.82, 2.24) is 45.5 Å². The molecular weight excluding hydrogens is 422 g/mol. The van der Waals surface area contributed by atoms with Crippen molar-refractivity contribution >= 4 is 29.7 Å². The normalized spacial score (nSPS) is 11.3. The topological polar surface area (TPSA) is 168 Å². The number of rotatable bonds is 7. The molecule has 0 spiro atoms. The lowest BCUT2D eigenvalue weighted by Gasteiger charge is -2.05. The number of carbonyl (C=O) groups is 1. The number of thioether (sulfide) groups is 1. The number of nitrogens with zero attached hydrogens (tertiary/aromatic N) is 9. The molecule has 4 aromatic rings. The first-order valence-electron chi connectivity index (χ1n) is 8.93. The smallest absolute Gasteiger partial charge is 0.293 e. The maximum absolute atomic E-state index is 12.7. The molecule has 0 aliphatic rings. The number of aryl methyl sites for hydroxylation is 2. The number of nitrogen functional groups attached to an aromatic ring is 1. The Labute approximate surface area is 179 Å². The number of carbonyl (C=O) groups excluding carboxylic acids is 1. The summed E-state index contributed by atoms with van der Waals surface area (Å²) in [7, 11) is 1.81. The molecule has 3 N–H and O–H groups in total. The third kappa shape index (κ3) is 4.42. The van der Waals surface area contributed by atoms with E-state index in [4.69, 9.17) is 5.73 Å². The van der Waals surface area contributed by atoms with Crippen LogP contribution in [0.4, 0.5) is 5.82 Å². The van der Waals surface area contributed by atoms with Crippen LogP contribution in [0.15, 0.2) is 45.5 Å². The molecule has 1 amide bonds. The zero-order chi connectivity index (χ0) is 21.8. The van der Waals surface area contributed by atoms with Crippen LogP contribution >= 0.6 is 11.8 Å². The Kier molecular flexibility index (Phi) is 5.70. The minimum atomic E-state index is -0.543. The minimum Gasteiger partial charge on any atom is -0.378 e. The molecule has 0 saturated carbocycles. The third-order valence-corrected chi connectivity index (χ3v) is 5.18. The molecule has 0 fully saturated rings. The van der Waals surface area contributed by atoms with Crippen molar-refractivity contribution in [1.29, 1.82) is 0 Å². The number of nitrogens with two attached hydrogens (primary N) is 1. The number of hydrogen-bond acceptors (Lipinski definition) is 11. The van der Waals surface area contributed by atoms with Gasteiger partial charge in [0, 0.05) is 12.8 Å². The predicted octanol–water partition coefficient (Wildman–Crippen LogP) is 0.726. The Balaban J connectivity index is 1.57. The maximum atomic E-state index is 12.7. The third-order valence-electron chi connectivity index (χ3n) is 4.14. The molecule has 158 valence electrons. The van der Waals surface area contributed by atoms with E-state index in [-0.39, 0.29) is 23.1 Å². The number of hydrogen-bond donors (Lipinski definition) is 2. The molecule has 0 aliphatic heterocycles. The van der Waals surface area contributed by atoms with Crippen LogP contribution in [0.5, 0.6) is 0 Å². The van der Waals surface area contributed by atoms with Gasteiger partial charge in [-0.1, -0.05) is 46.8 Å². The van der Waals surface area contributed by atoms with Crippen LogP contribution in [0.25, 0.3) is 5.82 Å². The molecule has 1 aromatic carbocycles. The Morgan fingerprint density at radius 2 is 2.10 bits per heavy atom. The van der Waals surface area contributed by atoms with Crippen LogP contribution in [0.3, 0.4) is 0 Å². The molecule has 13 nitrogen and oxygen atoms in total. The van der Waals surface area contributed by atoms with Gasteiger partial charge >= 0.3 is 0 Å². The summed E-state index contributed by atoms with van der Waals surface area (Å²) >= 11 is 1.33. The monoisotopic (exact) mass is 439 g/mol. The largest absolute Gasteiger partial charge is 0.378 e. The minimum absolute atomic E-state index is 0.0131. The van der Waals surface area contributed by atoms with E-state index < -0.39 is 5.91 Å².